The molecule has 11 heteroatoms. The van der Waals surface area contributed by atoms with E-state index >= 15 is 0 Å². The Hall–Kier alpha value is -2.53. The number of non-ortho nitro benzene ring substituents is 1. The van der Waals surface area contributed by atoms with Gasteiger partial charge in [0.15, 0.2) is 0 Å². The third-order valence-corrected chi connectivity index (χ3v) is 5.15. The van der Waals surface area contributed by atoms with Gasteiger partial charge in [0.05, 0.1) is 16.4 Å². The predicted octanol–water partition coefficient (Wildman–Crippen LogP) is 2.62. The van der Waals surface area contributed by atoms with Gasteiger partial charge in [-0.1, -0.05) is 23.7 Å². The number of carbonyl (C=O) groups is 1. The normalized spacial score (nSPS) is 13.5. The van der Waals surface area contributed by atoms with Crippen LogP contribution in [0.5, 0.6) is 0 Å². The van der Waals surface area contributed by atoms with Crippen molar-refractivity contribution in [1.82, 2.24) is 0 Å². The van der Waals surface area contributed by atoms with E-state index in [1.165, 1.54) is 31.2 Å². The number of esters is 1. The lowest BCUT2D eigenvalue weighted by Crippen LogP contribution is -2.35. The van der Waals surface area contributed by atoms with Gasteiger partial charge in [0.25, 0.3) is 15.8 Å². The highest BCUT2D eigenvalue weighted by Crippen LogP contribution is 2.26. The van der Waals surface area contributed by atoms with E-state index in [1.54, 1.807) is 0 Å². The fourth-order valence-corrected chi connectivity index (χ4v) is 3.37. The molecule has 0 aliphatic rings. The molecule has 150 valence electrons. The van der Waals surface area contributed by atoms with Gasteiger partial charge in [-0.25, -0.2) is 8.98 Å². The summed E-state index contributed by atoms with van der Waals surface area (Å²) in [5.41, 5.74) is -0.136. The van der Waals surface area contributed by atoms with Crippen LogP contribution < -0.4 is 0 Å². The standard InChI is InChI=1S/C17H16ClNO8S/c1-2-26-17(21)16(15(20)11-3-5-12(18)6-4-11)27-28(24,25)14-9-7-13(8-10-14)19(22)23/h3-10,15-16,20H,2H2,1H3/t15-,16+/m1/s1. The number of hydrogen-bond acceptors (Lipinski definition) is 8. The molecule has 0 saturated heterocycles. The summed E-state index contributed by atoms with van der Waals surface area (Å²) in [6.45, 7) is 1.44. The summed E-state index contributed by atoms with van der Waals surface area (Å²) in [6, 6.07) is 9.59. The summed E-state index contributed by atoms with van der Waals surface area (Å²) in [5, 5.41) is 21.5. The molecule has 0 saturated carbocycles. The SMILES string of the molecule is CCOC(=O)[C@@H](OS(=O)(=O)c1ccc([N+](=O)[O-])cc1)[C@H](O)c1ccc(Cl)cc1. The van der Waals surface area contributed by atoms with Crippen molar-refractivity contribution in [2.75, 3.05) is 6.61 Å². The van der Waals surface area contributed by atoms with Gasteiger partial charge in [-0.15, -0.1) is 0 Å². The van der Waals surface area contributed by atoms with Crippen LogP contribution in [0.1, 0.15) is 18.6 Å². The lowest BCUT2D eigenvalue weighted by Gasteiger charge is -2.21. The molecular formula is C17H16ClNO8S. The van der Waals surface area contributed by atoms with Crippen molar-refractivity contribution in [3.05, 3.63) is 69.2 Å². The second kappa shape index (κ2) is 9.11. The monoisotopic (exact) mass is 429 g/mol. The van der Waals surface area contributed by atoms with E-state index < -0.39 is 38.1 Å². The number of aliphatic hydroxyl groups excluding tert-OH is 1. The number of nitro benzene ring substituents is 1. The van der Waals surface area contributed by atoms with Crippen molar-refractivity contribution in [2.45, 2.75) is 24.0 Å². The number of nitro groups is 1. The zero-order valence-corrected chi connectivity index (χ0v) is 16.1. The molecule has 2 aromatic rings. The molecule has 0 spiro atoms. The zero-order chi connectivity index (χ0) is 20.9. The van der Waals surface area contributed by atoms with Crippen LogP contribution in [0.4, 0.5) is 5.69 Å². The summed E-state index contributed by atoms with van der Waals surface area (Å²) in [7, 11) is -4.54. The average Bonchev–Trinajstić information content (AvgIpc) is 2.66. The van der Waals surface area contributed by atoms with Gasteiger partial charge in [-0.3, -0.25) is 10.1 Å². The van der Waals surface area contributed by atoms with Crippen molar-refractivity contribution in [1.29, 1.82) is 0 Å². The second-order valence-corrected chi connectivity index (χ2v) is 7.48. The van der Waals surface area contributed by atoms with Gasteiger partial charge in [0.2, 0.25) is 6.10 Å². The molecule has 28 heavy (non-hydrogen) atoms. The molecule has 0 unspecified atom stereocenters. The van der Waals surface area contributed by atoms with E-state index in [1.807, 2.05) is 0 Å². The van der Waals surface area contributed by atoms with Crippen molar-refractivity contribution < 1.29 is 32.2 Å². The van der Waals surface area contributed by atoms with Crippen LogP contribution in [0.3, 0.4) is 0 Å². The maximum absolute atomic E-state index is 12.5. The van der Waals surface area contributed by atoms with E-state index in [2.05, 4.69) is 0 Å². The number of nitrogens with zero attached hydrogens (tertiary/aromatic N) is 1. The highest BCUT2D eigenvalue weighted by molar-refractivity contribution is 7.86. The smallest absolute Gasteiger partial charge is 0.339 e. The minimum absolute atomic E-state index is 0.0659. The molecule has 0 heterocycles. The Morgan fingerprint density at radius 2 is 1.75 bits per heavy atom. The van der Waals surface area contributed by atoms with Gasteiger partial charge >= 0.3 is 5.97 Å². The molecule has 2 atom stereocenters. The second-order valence-electron chi connectivity index (χ2n) is 5.47. The van der Waals surface area contributed by atoms with Crippen LogP contribution in [-0.4, -0.2) is 37.1 Å². The van der Waals surface area contributed by atoms with Crippen molar-refractivity contribution in [3.63, 3.8) is 0 Å². The molecule has 0 amide bonds. The summed E-state index contributed by atoms with van der Waals surface area (Å²) >= 11 is 5.78. The third-order valence-electron chi connectivity index (χ3n) is 3.58. The van der Waals surface area contributed by atoms with Crippen LogP contribution >= 0.6 is 11.6 Å². The first-order valence-corrected chi connectivity index (χ1v) is 9.72. The molecule has 0 aliphatic carbocycles. The molecule has 0 aromatic heterocycles. The number of aliphatic hydroxyl groups is 1. The van der Waals surface area contributed by atoms with E-state index in [4.69, 9.17) is 20.5 Å². The lowest BCUT2D eigenvalue weighted by molar-refractivity contribution is -0.384. The highest BCUT2D eigenvalue weighted by Gasteiger charge is 2.36. The first-order chi connectivity index (χ1) is 13.2. The average molecular weight is 430 g/mol. The summed E-state index contributed by atoms with van der Waals surface area (Å²) in [6.07, 6.45) is -3.55. The van der Waals surface area contributed by atoms with E-state index in [9.17, 15) is 28.4 Å². The number of rotatable bonds is 8. The molecule has 1 N–H and O–H groups in total. The maximum atomic E-state index is 12.5. The maximum Gasteiger partial charge on any atom is 0.339 e. The Labute approximate surface area is 165 Å². The number of hydrogen-bond donors (Lipinski definition) is 1. The molecule has 0 radical (unpaired) electrons. The molecule has 0 fully saturated rings. The minimum Gasteiger partial charge on any atom is -0.464 e. The molecule has 9 nitrogen and oxygen atoms in total. The Kier molecular flexibility index (Phi) is 7.08. The van der Waals surface area contributed by atoms with Crippen LogP contribution in [0.2, 0.25) is 5.02 Å². The highest BCUT2D eigenvalue weighted by atomic mass is 35.5. The fourth-order valence-electron chi connectivity index (χ4n) is 2.21. The fraction of sp³-hybridized carbons (Fsp3) is 0.235. The Morgan fingerprint density at radius 3 is 2.25 bits per heavy atom. The van der Waals surface area contributed by atoms with Gasteiger partial charge in [0.1, 0.15) is 6.10 Å². The van der Waals surface area contributed by atoms with Crippen LogP contribution in [0, 0.1) is 10.1 Å². The number of ether oxygens (including phenoxy) is 1. The van der Waals surface area contributed by atoms with Crippen LogP contribution in [0.15, 0.2) is 53.4 Å². The van der Waals surface area contributed by atoms with Gasteiger partial charge in [0, 0.05) is 17.2 Å². The van der Waals surface area contributed by atoms with Gasteiger partial charge in [-0.05, 0) is 36.8 Å². The number of halogens is 1. The van der Waals surface area contributed by atoms with E-state index in [0.29, 0.717) is 5.02 Å². The van der Waals surface area contributed by atoms with Crippen molar-refractivity contribution in [2.24, 2.45) is 0 Å². The molecule has 2 aromatic carbocycles. The third kappa shape index (κ3) is 5.26. The Bertz CT molecular complexity index is 944. The van der Waals surface area contributed by atoms with Crippen molar-refractivity contribution >= 4 is 33.4 Å². The summed E-state index contributed by atoms with van der Waals surface area (Å²) < 4.78 is 34.7. The largest absolute Gasteiger partial charge is 0.464 e. The van der Waals surface area contributed by atoms with Gasteiger partial charge in [-0.2, -0.15) is 8.42 Å². The first kappa shape index (κ1) is 21.8. The van der Waals surface area contributed by atoms with Gasteiger partial charge < -0.3 is 9.84 Å². The van der Waals surface area contributed by atoms with Crippen LogP contribution in [0.25, 0.3) is 0 Å². The Balaban J connectivity index is 2.33. The van der Waals surface area contributed by atoms with E-state index in [-0.39, 0.29) is 17.9 Å². The summed E-state index contributed by atoms with van der Waals surface area (Å²) in [5.74, 6) is -1.09. The molecule has 2 rings (SSSR count). The minimum atomic E-state index is -4.54. The quantitative estimate of drug-likeness (QED) is 0.293. The number of benzene rings is 2. The summed E-state index contributed by atoms with van der Waals surface area (Å²) in [4.78, 5) is 21.8. The molecule has 0 bridgehead atoms. The first-order valence-electron chi connectivity index (χ1n) is 7.93. The number of carbonyl (C=O) groups excluding carboxylic acids is 1. The molecular weight excluding hydrogens is 414 g/mol. The van der Waals surface area contributed by atoms with E-state index in [0.717, 1.165) is 24.3 Å². The lowest BCUT2D eigenvalue weighted by atomic mass is 10.0. The van der Waals surface area contributed by atoms with Crippen LogP contribution in [-0.2, 0) is 23.8 Å². The molecule has 0 aliphatic heterocycles. The topological polar surface area (TPSA) is 133 Å². The Morgan fingerprint density at radius 1 is 1.18 bits per heavy atom. The predicted molar refractivity (Wildman–Crippen MR) is 98.2 cm³/mol. The van der Waals surface area contributed by atoms with Crippen molar-refractivity contribution in [3.8, 4) is 0 Å². The zero-order valence-electron chi connectivity index (χ0n) is 14.5.